The molecular formula is C22H23Cl3N2O5. The van der Waals surface area contributed by atoms with Gasteiger partial charge in [-0.15, -0.1) is 12.4 Å². The number of halogens is 3. The average molecular weight is 502 g/mol. The van der Waals surface area contributed by atoms with Gasteiger partial charge in [0.05, 0.1) is 43.7 Å². The second-order valence-corrected chi connectivity index (χ2v) is 7.50. The number of rotatable bonds is 6. The number of nitrogens with zero attached hydrogens (tertiary/aromatic N) is 1. The maximum atomic E-state index is 12.4. The lowest BCUT2D eigenvalue weighted by atomic mass is 10.1. The molecule has 0 aliphatic carbocycles. The Morgan fingerprint density at radius 3 is 2.50 bits per heavy atom. The van der Waals surface area contributed by atoms with Crippen LogP contribution in [-0.4, -0.2) is 52.4 Å². The van der Waals surface area contributed by atoms with E-state index in [9.17, 15) is 9.59 Å². The van der Waals surface area contributed by atoms with Gasteiger partial charge in [-0.25, -0.2) is 4.79 Å². The molecule has 0 spiro atoms. The summed E-state index contributed by atoms with van der Waals surface area (Å²) in [7, 11) is 2.81. The van der Waals surface area contributed by atoms with Crippen LogP contribution in [0.5, 0.6) is 5.75 Å². The number of hydrogen-bond acceptors (Lipinski definition) is 6. The fourth-order valence-corrected chi connectivity index (χ4v) is 3.82. The molecule has 1 heterocycles. The van der Waals surface area contributed by atoms with Gasteiger partial charge in [-0.05, 0) is 36.4 Å². The normalized spacial score (nSPS) is 13.4. The fraction of sp³-hybridized carbons (Fsp3) is 0.273. The molecule has 1 fully saturated rings. The molecule has 10 heteroatoms. The second kappa shape index (κ2) is 12.0. The van der Waals surface area contributed by atoms with Gasteiger partial charge in [-0.3, -0.25) is 4.79 Å². The zero-order chi connectivity index (χ0) is 22.4. The molecule has 0 unspecified atom stereocenters. The molecule has 0 bridgehead atoms. The van der Waals surface area contributed by atoms with Gasteiger partial charge < -0.3 is 24.4 Å². The van der Waals surface area contributed by atoms with Crippen LogP contribution in [0.25, 0.3) is 6.08 Å². The van der Waals surface area contributed by atoms with Gasteiger partial charge in [0, 0.05) is 35.4 Å². The summed E-state index contributed by atoms with van der Waals surface area (Å²) in [6.07, 6.45) is 2.88. The van der Waals surface area contributed by atoms with E-state index in [2.05, 4.69) is 10.2 Å². The fourth-order valence-electron chi connectivity index (χ4n) is 3.24. The van der Waals surface area contributed by atoms with Crippen LogP contribution in [0.1, 0.15) is 15.9 Å². The van der Waals surface area contributed by atoms with Gasteiger partial charge in [-0.1, -0.05) is 23.2 Å². The van der Waals surface area contributed by atoms with Crippen molar-refractivity contribution in [1.82, 2.24) is 0 Å². The molecule has 1 N–H and O–H groups in total. The number of esters is 1. The number of amides is 1. The summed E-state index contributed by atoms with van der Waals surface area (Å²) in [5.41, 5.74) is 2.13. The standard InChI is InChI=1S/C22H22Cl2N2O5.ClH/c1-29-21-14(11-15(23)12-18(21)24)3-6-20(27)25-16-4-5-19(17(13-16)22(28)30-2)26-7-9-31-10-8-26;/h3-6,11-13H,7-10H2,1-2H3,(H,25,27);1H/b6-3+;. The summed E-state index contributed by atoms with van der Waals surface area (Å²) in [5.74, 6) is -0.461. The summed E-state index contributed by atoms with van der Waals surface area (Å²) in [5, 5.41) is 3.51. The summed E-state index contributed by atoms with van der Waals surface area (Å²) >= 11 is 12.2. The molecule has 7 nitrogen and oxygen atoms in total. The topological polar surface area (TPSA) is 77.1 Å². The SMILES string of the molecule is COC(=O)c1cc(NC(=O)/C=C/c2cc(Cl)cc(Cl)c2OC)ccc1N1CCOCC1.Cl. The van der Waals surface area contributed by atoms with Crippen LogP contribution in [0.3, 0.4) is 0 Å². The second-order valence-electron chi connectivity index (χ2n) is 6.66. The molecule has 2 aromatic rings. The van der Waals surface area contributed by atoms with Crippen molar-refractivity contribution in [3.63, 3.8) is 0 Å². The summed E-state index contributed by atoms with van der Waals surface area (Å²) in [6.45, 7) is 2.51. The smallest absolute Gasteiger partial charge is 0.340 e. The monoisotopic (exact) mass is 500 g/mol. The predicted octanol–water partition coefficient (Wildman–Crippen LogP) is 4.70. The summed E-state index contributed by atoms with van der Waals surface area (Å²) in [6, 6.07) is 8.32. The first kappa shape index (κ1) is 25.8. The minimum absolute atomic E-state index is 0. The molecule has 172 valence electrons. The number of morpholine rings is 1. The van der Waals surface area contributed by atoms with Crippen LogP contribution >= 0.6 is 35.6 Å². The molecule has 0 aromatic heterocycles. The molecule has 0 atom stereocenters. The highest BCUT2D eigenvalue weighted by molar-refractivity contribution is 6.36. The molecule has 1 aliphatic rings. The molecule has 1 amide bonds. The number of ether oxygens (including phenoxy) is 3. The maximum Gasteiger partial charge on any atom is 0.340 e. The van der Waals surface area contributed by atoms with E-state index in [1.165, 1.54) is 20.3 Å². The van der Waals surface area contributed by atoms with Crippen LogP contribution < -0.4 is 15.0 Å². The molecule has 32 heavy (non-hydrogen) atoms. The summed E-state index contributed by atoms with van der Waals surface area (Å²) < 4.78 is 15.6. The summed E-state index contributed by atoms with van der Waals surface area (Å²) in [4.78, 5) is 26.8. The van der Waals surface area contributed by atoms with Gasteiger partial charge in [0.15, 0.2) is 0 Å². The Balaban J connectivity index is 0.00000363. The van der Waals surface area contributed by atoms with Gasteiger partial charge >= 0.3 is 5.97 Å². The van der Waals surface area contributed by atoms with Crippen molar-refractivity contribution in [2.45, 2.75) is 0 Å². The third-order valence-corrected chi connectivity index (χ3v) is 5.18. The highest BCUT2D eigenvalue weighted by Gasteiger charge is 2.20. The lowest BCUT2D eigenvalue weighted by Gasteiger charge is -2.30. The van der Waals surface area contributed by atoms with Gasteiger partial charge in [0.2, 0.25) is 5.91 Å². The van der Waals surface area contributed by atoms with E-state index in [0.29, 0.717) is 58.9 Å². The largest absolute Gasteiger partial charge is 0.495 e. The number of hydrogen-bond donors (Lipinski definition) is 1. The minimum Gasteiger partial charge on any atom is -0.495 e. The van der Waals surface area contributed by atoms with Crippen LogP contribution in [0.4, 0.5) is 11.4 Å². The van der Waals surface area contributed by atoms with Crippen LogP contribution in [0.2, 0.25) is 10.0 Å². The van der Waals surface area contributed by atoms with Crippen molar-refractivity contribution in [2.24, 2.45) is 0 Å². The van der Waals surface area contributed by atoms with E-state index in [4.69, 9.17) is 37.4 Å². The first-order valence-electron chi connectivity index (χ1n) is 9.50. The zero-order valence-corrected chi connectivity index (χ0v) is 19.9. The van der Waals surface area contributed by atoms with Crippen molar-refractivity contribution in [3.8, 4) is 5.75 Å². The van der Waals surface area contributed by atoms with E-state index in [1.807, 2.05) is 0 Å². The Kier molecular flexibility index (Phi) is 9.65. The number of nitrogens with one attached hydrogen (secondary N) is 1. The average Bonchev–Trinajstić information content (AvgIpc) is 2.77. The first-order valence-corrected chi connectivity index (χ1v) is 10.3. The van der Waals surface area contributed by atoms with Crippen LogP contribution in [0.15, 0.2) is 36.4 Å². The molecule has 0 saturated carbocycles. The van der Waals surface area contributed by atoms with Crippen molar-refractivity contribution >= 4 is 64.9 Å². The van der Waals surface area contributed by atoms with Crippen LogP contribution in [0, 0.1) is 0 Å². The number of carbonyl (C=O) groups is 2. The van der Waals surface area contributed by atoms with Crippen molar-refractivity contribution in [3.05, 3.63) is 57.6 Å². The Morgan fingerprint density at radius 2 is 1.84 bits per heavy atom. The number of benzene rings is 2. The Hall–Kier alpha value is -2.45. The first-order chi connectivity index (χ1) is 14.9. The molecule has 1 aliphatic heterocycles. The lowest BCUT2D eigenvalue weighted by molar-refractivity contribution is -0.111. The molecular weight excluding hydrogens is 479 g/mol. The molecule has 3 rings (SSSR count). The van der Waals surface area contributed by atoms with Gasteiger partial charge in [0.25, 0.3) is 0 Å². The highest BCUT2D eigenvalue weighted by Crippen LogP contribution is 2.33. The zero-order valence-electron chi connectivity index (χ0n) is 17.5. The highest BCUT2D eigenvalue weighted by atomic mass is 35.5. The van der Waals surface area contributed by atoms with Crippen LogP contribution in [-0.2, 0) is 14.3 Å². The van der Waals surface area contributed by atoms with E-state index in [0.717, 1.165) is 5.69 Å². The molecule has 0 radical (unpaired) electrons. The number of carbonyl (C=O) groups excluding carboxylic acids is 2. The quantitative estimate of drug-likeness (QED) is 0.457. The van der Waals surface area contributed by atoms with E-state index in [-0.39, 0.29) is 12.4 Å². The minimum atomic E-state index is -0.480. The Bertz CT molecular complexity index is 1010. The van der Waals surface area contributed by atoms with Crippen molar-refractivity contribution in [2.75, 3.05) is 50.7 Å². The van der Waals surface area contributed by atoms with Crippen molar-refractivity contribution in [1.29, 1.82) is 0 Å². The van der Waals surface area contributed by atoms with Crippen molar-refractivity contribution < 1.29 is 23.8 Å². The van der Waals surface area contributed by atoms with E-state index >= 15 is 0 Å². The van der Waals surface area contributed by atoms with Gasteiger partial charge in [0.1, 0.15) is 5.75 Å². The molecule has 1 saturated heterocycles. The Labute approximate surface area is 202 Å². The number of anilines is 2. The van der Waals surface area contributed by atoms with E-state index < -0.39 is 11.9 Å². The maximum absolute atomic E-state index is 12.4. The lowest BCUT2D eigenvalue weighted by Crippen LogP contribution is -2.37. The number of methoxy groups -OCH3 is 2. The predicted molar refractivity (Wildman–Crippen MR) is 129 cm³/mol. The molecule has 2 aromatic carbocycles. The Morgan fingerprint density at radius 1 is 1.12 bits per heavy atom. The third kappa shape index (κ3) is 6.29. The van der Waals surface area contributed by atoms with E-state index in [1.54, 1.807) is 36.4 Å². The third-order valence-electron chi connectivity index (χ3n) is 4.68. The van der Waals surface area contributed by atoms with Gasteiger partial charge in [-0.2, -0.15) is 0 Å².